The number of benzene rings is 2. The molecule has 56 heavy (non-hydrogen) atoms. The van der Waals surface area contributed by atoms with Crippen molar-refractivity contribution in [1.82, 2.24) is 0 Å². The van der Waals surface area contributed by atoms with Crippen LogP contribution in [0.2, 0.25) is 0 Å². The summed E-state index contributed by atoms with van der Waals surface area (Å²) in [6, 6.07) is 10.1. The minimum atomic E-state index is -1.18. The molecule has 0 amide bonds. The Morgan fingerprint density at radius 1 is 0.607 bits per heavy atom. The number of phenolic OH excluding ortho intramolecular Hbond substituents is 2. The second kappa shape index (κ2) is 26.9. The first kappa shape index (κ1) is 51.1. The van der Waals surface area contributed by atoms with E-state index in [4.69, 9.17) is 37.9 Å². The van der Waals surface area contributed by atoms with Crippen molar-refractivity contribution in [2.24, 2.45) is 9.98 Å². The summed E-state index contributed by atoms with van der Waals surface area (Å²) in [7, 11) is 3.23. The zero-order chi connectivity index (χ0) is 39.4. The van der Waals surface area contributed by atoms with E-state index < -0.39 is 23.0 Å². The van der Waals surface area contributed by atoms with Gasteiger partial charge in [-0.15, -0.1) is 23.5 Å². The lowest BCUT2D eigenvalue weighted by Gasteiger charge is -2.12. The van der Waals surface area contributed by atoms with E-state index in [1.54, 1.807) is 64.5 Å². The van der Waals surface area contributed by atoms with Gasteiger partial charge in [0.25, 0.3) is 0 Å². The largest absolute Gasteiger partial charge is 0.504 e. The molecule has 17 nitrogen and oxygen atoms in total. The van der Waals surface area contributed by atoms with E-state index in [0.717, 1.165) is 0 Å². The number of ether oxygens (including phenoxy) is 8. The summed E-state index contributed by atoms with van der Waals surface area (Å²) in [5, 5.41) is 40.4. The van der Waals surface area contributed by atoms with Crippen LogP contribution in [0, 0.1) is 0 Å². The van der Waals surface area contributed by atoms with E-state index in [2.05, 4.69) is 9.98 Å². The molecule has 0 aliphatic carbocycles. The van der Waals surface area contributed by atoms with Gasteiger partial charge in [0.15, 0.2) is 34.1 Å². The van der Waals surface area contributed by atoms with Crippen molar-refractivity contribution in [3.8, 4) is 23.0 Å². The second-order valence-corrected chi connectivity index (χ2v) is 13.9. The zero-order valence-corrected chi connectivity index (χ0v) is 33.0. The van der Waals surface area contributed by atoms with Crippen LogP contribution >= 0.6 is 23.5 Å². The third-order valence-electron chi connectivity index (χ3n) is 7.63. The van der Waals surface area contributed by atoms with Gasteiger partial charge in [-0.05, 0) is 38.1 Å². The number of nitrogens with zero attached hydrogens (tertiary/aromatic N) is 2. The molecular weight excluding hydrogens is 789 g/mol. The molecule has 2 heterocycles. The number of thioether (sulfide) groups is 2. The molecule has 2 aromatic carbocycles. The number of hydrogen-bond donors (Lipinski definition) is 4. The Morgan fingerprint density at radius 2 is 0.929 bits per heavy atom. The maximum absolute atomic E-state index is 11.3. The molecule has 0 bridgehead atoms. The van der Waals surface area contributed by atoms with Gasteiger partial charge in [-0.25, -0.2) is 9.59 Å². The number of carboxylic acid groups (broad SMARTS) is 2. The molecule has 2 aliphatic heterocycles. The number of para-hydroxylation sites is 2. The minimum absolute atomic E-state index is 0. The minimum Gasteiger partial charge on any atom is -0.504 e. The molecule has 2 atom stereocenters. The Kier molecular flexibility index (Phi) is 24.6. The van der Waals surface area contributed by atoms with Crippen molar-refractivity contribution < 1.29 is 73.4 Å². The number of rotatable bonds is 24. The topological polar surface area (TPSA) is 242 Å². The summed E-state index contributed by atoms with van der Waals surface area (Å²) in [6.07, 6.45) is 0. The number of methoxy groups -OCH3 is 2. The number of phenols is 2. The predicted octanol–water partition coefficient (Wildman–Crippen LogP) is 2.54. The van der Waals surface area contributed by atoms with Gasteiger partial charge in [-0.1, -0.05) is 12.1 Å². The predicted molar refractivity (Wildman–Crippen MR) is 214 cm³/mol. The van der Waals surface area contributed by atoms with Crippen LogP contribution in [0.15, 0.2) is 46.4 Å². The van der Waals surface area contributed by atoms with Crippen LogP contribution in [0.3, 0.4) is 0 Å². The maximum Gasteiger partial charge on any atom is 0.332 e. The highest BCUT2D eigenvalue weighted by molar-refractivity contribution is 8.15. The molecule has 0 spiro atoms. The van der Waals surface area contributed by atoms with Crippen molar-refractivity contribution in [2.75, 3.05) is 105 Å². The van der Waals surface area contributed by atoms with E-state index in [1.807, 2.05) is 0 Å². The molecule has 2 radical (unpaired) electrons. The third-order valence-corrected chi connectivity index (χ3v) is 10.2. The Hall–Kier alpha value is -2.89. The summed E-state index contributed by atoms with van der Waals surface area (Å²) in [4.78, 5) is 31.2. The lowest BCUT2D eigenvalue weighted by atomic mass is 10.1. The van der Waals surface area contributed by atoms with Crippen LogP contribution in [0.4, 0.5) is 0 Å². The number of aromatic hydroxyl groups is 2. The van der Waals surface area contributed by atoms with Gasteiger partial charge < -0.3 is 58.3 Å². The quantitative estimate of drug-likeness (QED) is 0.0877. The Morgan fingerprint density at radius 3 is 1.23 bits per heavy atom. The van der Waals surface area contributed by atoms with E-state index in [1.165, 1.54) is 23.5 Å². The summed E-state index contributed by atoms with van der Waals surface area (Å²) in [5.74, 6) is -0.826. The van der Waals surface area contributed by atoms with Gasteiger partial charge in [-0.3, -0.25) is 9.98 Å². The van der Waals surface area contributed by atoms with Crippen LogP contribution in [-0.4, -0.2) is 182 Å². The van der Waals surface area contributed by atoms with Crippen molar-refractivity contribution in [1.29, 1.82) is 0 Å². The van der Waals surface area contributed by atoms with Crippen molar-refractivity contribution in [3.63, 3.8) is 0 Å². The average molecular weight is 841 g/mol. The number of aliphatic carboxylic acids is 2. The Labute approximate surface area is 350 Å². The highest BCUT2D eigenvalue weighted by Crippen LogP contribution is 2.39. The van der Waals surface area contributed by atoms with Gasteiger partial charge in [0.2, 0.25) is 0 Å². The van der Waals surface area contributed by atoms with Crippen molar-refractivity contribution >= 4 is 68.6 Å². The molecule has 2 aromatic rings. The SMILES string of the molecule is COCCOCCOCCOc1cccc(C2=NC(C)(C(=O)O)CS2)c1O.COCCOCCOCCOc1cccc(C2=N[C@@](C)(C(=O)O)CS2)c1O.[MgH2].[O]. The normalized spacial score (nSPS) is 18.4. The Balaban J connectivity index is 0.000000541. The number of aliphatic imine (C=N–C) groups is 2. The van der Waals surface area contributed by atoms with Crippen molar-refractivity contribution in [3.05, 3.63) is 47.5 Å². The molecule has 310 valence electrons. The van der Waals surface area contributed by atoms with Crippen LogP contribution in [0.25, 0.3) is 0 Å². The monoisotopic (exact) mass is 840 g/mol. The first-order chi connectivity index (χ1) is 26.0. The van der Waals surface area contributed by atoms with Gasteiger partial charge in [0, 0.05) is 31.2 Å². The van der Waals surface area contributed by atoms with Crippen LogP contribution in [0.1, 0.15) is 25.0 Å². The highest BCUT2D eigenvalue weighted by Gasteiger charge is 2.40. The van der Waals surface area contributed by atoms with E-state index >= 15 is 0 Å². The average Bonchev–Trinajstić information content (AvgIpc) is 3.76. The molecule has 2 aliphatic rings. The molecule has 4 rings (SSSR count). The highest BCUT2D eigenvalue weighted by atomic mass is 32.2. The fourth-order valence-corrected chi connectivity index (χ4v) is 6.85. The summed E-state index contributed by atoms with van der Waals surface area (Å²) < 4.78 is 42.2. The van der Waals surface area contributed by atoms with Gasteiger partial charge >= 0.3 is 35.0 Å². The molecule has 0 aromatic heterocycles. The van der Waals surface area contributed by atoms with E-state index in [0.29, 0.717) is 110 Å². The van der Waals surface area contributed by atoms with E-state index in [9.17, 15) is 30.0 Å². The molecule has 20 heteroatoms. The number of hydrogen-bond acceptors (Lipinski definition) is 16. The van der Waals surface area contributed by atoms with Gasteiger partial charge in [-0.2, -0.15) is 0 Å². The first-order valence-electron chi connectivity index (χ1n) is 17.1. The van der Waals surface area contributed by atoms with Crippen LogP contribution in [-0.2, 0) is 43.5 Å². The van der Waals surface area contributed by atoms with Gasteiger partial charge in [0.1, 0.15) is 23.3 Å². The lowest BCUT2D eigenvalue weighted by Crippen LogP contribution is -2.33. The second-order valence-electron chi connectivity index (χ2n) is 12.0. The lowest BCUT2D eigenvalue weighted by molar-refractivity contribution is -0.142. The number of carboxylic acids is 2. The standard InChI is InChI=1S/2C18H25NO7S.Mg.O.2H/c2*1-18(17(21)22)12-27-16(19-18)13-4-3-5-14(15(13)20)26-11-10-25-9-8-24-7-6-23-2;;;;/h2*3-5,20H,6-12H2,1-2H3,(H,21,22);;;;/t18-;;;;;/m1...../s1. The van der Waals surface area contributed by atoms with E-state index in [-0.39, 0.29) is 53.2 Å². The fourth-order valence-electron chi connectivity index (χ4n) is 4.46. The smallest absolute Gasteiger partial charge is 0.332 e. The molecule has 0 fully saturated rings. The third kappa shape index (κ3) is 16.2. The van der Waals surface area contributed by atoms with Crippen molar-refractivity contribution in [2.45, 2.75) is 24.9 Å². The number of carbonyl (C=O) groups is 2. The molecule has 0 saturated carbocycles. The van der Waals surface area contributed by atoms with Gasteiger partial charge in [0.05, 0.1) is 77.2 Å². The Bertz CT molecular complexity index is 1460. The summed E-state index contributed by atoms with van der Waals surface area (Å²) in [6.45, 7) is 8.35. The van der Waals surface area contributed by atoms with Crippen LogP contribution in [0.5, 0.6) is 23.0 Å². The maximum atomic E-state index is 11.3. The molecule has 1 unspecified atom stereocenters. The zero-order valence-electron chi connectivity index (χ0n) is 31.4. The van der Waals surface area contributed by atoms with Crippen LogP contribution < -0.4 is 9.47 Å². The first-order valence-corrected chi connectivity index (χ1v) is 19.0. The molecule has 4 N–H and O–H groups in total. The summed E-state index contributed by atoms with van der Waals surface area (Å²) in [5.41, 5.74) is -1.42. The molecule has 0 saturated heterocycles. The molecular formula is C36H52MgN2O15S2. The summed E-state index contributed by atoms with van der Waals surface area (Å²) >= 11 is 2.61. The fraction of sp³-hybridized carbons (Fsp3) is 0.556.